The molecule has 0 saturated carbocycles. The molecule has 3 amide bonds. The van der Waals surface area contributed by atoms with E-state index in [-0.39, 0.29) is 18.2 Å². The van der Waals surface area contributed by atoms with Gasteiger partial charge in [0.15, 0.2) is 5.13 Å². The Morgan fingerprint density at radius 1 is 1.28 bits per heavy atom. The summed E-state index contributed by atoms with van der Waals surface area (Å²) in [5, 5.41) is 5.39. The number of nitrogens with one attached hydrogen (secondary N) is 1. The number of anilines is 1. The number of amides is 3. The van der Waals surface area contributed by atoms with Crippen LogP contribution in [0.3, 0.4) is 0 Å². The highest BCUT2D eigenvalue weighted by molar-refractivity contribution is 7.14. The smallest absolute Gasteiger partial charge is 0.407 e. The Morgan fingerprint density at radius 2 is 2.00 bits per heavy atom. The maximum absolute atomic E-state index is 12.6. The van der Waals surface area contributed by atoms with Crippen LogP contribution in [0.15, 0.2) is 5.38 Å². The van der Waals surface area contributed by atoms with Gasteiger partial charge in [-0.05, 0) is 46.0 Å². The molecule has 160 valence electrons. The van der Waals surface area contributed by atoms with E-state index in [1.54, 1.807) is 4.90 Å². The first kappa shape index (κ1) is 21.5. The highest BCUT2D eigenvalue weighted by Crippen LogP contribution is 2.26. The van der Waals surface area contributed by atoms with E-state index in [4.69, 9.17) is 4.74 Å². The first-order valence-electron chi connectivity index (χ1n) is 10.2. The fraction of sp³-hybridized carbons (Fsp3) is 0.700. The molecular weight excluding hydrogens is 392 g/mol. The van der Waals surface area contributed by atoms with Crippen LogP contribution in [0.5, 0.6) is 0 Å². The zero-order valence-corrected chi connectivity index (χ0v) is 18.2. The average Bonchev–Trinajstić information content (AvgIpc) is 3.27. The number of thiazole rings is 1. The van der Waals surface area contributed by atoms with Crippen molar-refractivity contribution in [1.29, 1.82) is 0 Å². The molecule has 1 aromatic heterocycles. The summed E-state index contributed by atoms with van der Waals surface area (Å²) in [6, 6.07) is 0. The predicted octanol–water partition coefficient (Wildman–Crippen LogP) is 2.58. The maximum atomic E-state index is 12.6. The van der Waals surface area contributed by atoms with E-state index >= 15 is 0 Å². The normalized spacial score (nSPS) is 18.2. The van der Waals surface area contributed by atoms with Gasteiger partial charge in [-0.25, -0.2) is 9.78 Å². The van der Waals surface area contributed by atoms with Crippen molar-refractivity contribution in [3.63, 3.8) is 0 Å². The molecule has 0 bridgehead atoms. The third-order valence-corrected chi connectivity index (χ3v) is 5.99. The molecule has 2 aliphatic heterocycles. The van der Waals surface area contributed by atoms with Crippen LogP contribution in [-0.2, 0) is 20.7 Å². The van der Waals surface area contributed by atoms with E-state index in [1.165, 1.54) is 11.3 Å². The molecule has 3 heterocycles. The van der Waals surface area contributed by atoms with Crippen molar-refractivity contribution in [3.05, 3.63) is 11.1 Å². The van der Waals surface area contributed by atoms with Crippen molar-refractivity contribution < 1.29 is 19.1 Å². The first-order valence-corrected chi connectivity index (χ1v) is 11.1. The summed E-state index contributed by atoms with van der Waals surface area (Å²) >= 11 is 1.42. The zero-order valence-electron chi connectivity index (χ0n) is 17.4. The summed E-state index contributed by atoms with van der Waals surface area (Å²) in [4.78, 5) is 44.3. The van der Waals surface area contributed by atoms with Gasteiger partial charge in [-0.15, -0.1) is 11.3 Å². The summed E-state index contributed by atoms with van der Waals surface area (Å²) in [7, 11) is 0. The zero-order chi connectivity index (χ0) is 21.0. The average molecular weight is 423 g/mol. The van der Waals surface area contributed by atoms with Gasteiger partial charge in [0.25, 0.3) is 0 Å². The van der Waals surface area contributed by atoms with Crippen LogP contribution in [-0.4, -0.2) is 59.6 Å². The van der Waals surface area contributed by atoms with Gasteiger partial charge in [-0.3, -0.25) is 14.5 Å². The highest BCUT2D eigenvalue weighted by Gasteiger charge is 2.27. The van der Waals surface area contributed by atoms with Crippen molar-refractivity contribution >= 4 is 34.4 Å². The van der Waals surface area contributed by atoms with Crippen LogP contribution >= 0.6 is 11.3 Å². The summed E-state index contributed by atoms with van der Waals surface area (Å²) in [6.07, 6.45) is 3.01. The minimum absolute atomic E-state index is 0.0631. The van der Waals surface area contributed by atoms with E-state index in [1.807, 2.05) is 31.1 Å². The Labute approximate surface area is 175 Å². The van der Waals surface area contributed by atoms with Gasteiger partial charge in [0, 0.05) is 38.0 Å². The summed E-state index contributed by atoms with van der Waals surface area (Å²) < 4.78 is 5.25. The van der Waals surface area contributed by atoms with Gasteiger partial charge >= 0.3 is 6.09 Å². The number of carbonyl (C=O) groups excluding carboxylic acids is 3. The molecule has 0 radical (unpaired) electrons. The molecule has 2 saturated heterocycles. The Balaban J connectivity index is 1.41. The number of ether oxygens (including phenoxy) is 1. The molecule has 2 aliphatic rings. The molecule has 9 heteroatoms. The van der Waals surface area contributed by atoms with Gasteiger partial charge in [-0.1, -0.05) is 0 Å². The minimum atomic E-state index is -0.502. The fourth-order valence-corrected chi connectivity index (χ4v) is 4.41. The lowest BCUT2D eigenvalue weighted by Crippen LogP contribution is -2.42. The van der Waals surface area contributed by atoms with Crippen LogP contribution in [0.4, 0.5) is 9.93 Å². The molecule has 3 rings (SSSR count). The van der Waals surface area contributed by atoms with E-state index in [0.717, 1.165) is 25.0 Å². The fourth-order valence-electron chi connectivity index (χ4n) is 3.55. The van der Waals surface area contributed by atoms with Gasteiger partial charge in [0.2, 0.25) is 11.8 Å². The number of aromatic nitrogens is 1. The lowest BCUT2D eigenvalue weighted by molar-refractivity contribution is -0.131. The molecule has 0 atom stereocenters. The van der Waals surface area contributed by atoms with Crippen molar-refractivity contribution in [3.8, 4) is 0 Å². The van der Waals surface area contributed by atoms with E-state index in [9.17, 15) is 14.4 Å². The van der Waals surface area contributed by atoms with Crippen molar-refractivity contribution in [2.24, 2.45) is 5.92 Å². The number of likely N-dealkylation sites (tertiary alicyclic amines) is 1. The van der Waals surface area contributed by atoms with Crippen molar-refractivity contribution in [2.45, 2.75) is 58.5 Å². The first-order chi connectivity index (χ1) is 13.7. The molecule has 29 heavy (non-hydrogen) atoms. The highest BCUT2D eigenvalue weighted by atomic mass is 32.1. The molecule has 1 aromatic rings. The second kappa shape index (κ2) is 9.11. The quantitative estimate of drug-likeness (QED) is 0.787. The van der Waals surface area contributed by atoms with Gasteiger partial charge in [-0.2, -0.15) is 0 Å². The molecule has 0 aromatic carbocycles. The van der Waals surface area contributed by atoms with Crippen LogP contribution in [0, 0.1) is 5.92 Å². The largest absolute Gasteiger partial charge is 0.444 e. The second-order valence-corrected chi connectivity index (χ2v) is 9.49. The van der Waals surface area contributed by atoms with E-state index in [0.29, 0.717) is 43.6 Å². The van der Waals surface area contributed by atoms with Crippen LogP contribution in [0.25, 0.3) is 0 Å². The number of carbonyl (C=O) groups is 3. The molecule has 1 N–H and O–H groups in total. The Bertz CT molecular complexity index is 750. The lowest BCUT2D eigenvalue weighted by atomic mass is 9.96. The van der Waals surface area contributed by atoms with Gasteiger partial charge < -0.3 is 15.0 Å². The number of alkyl carbamates (subject to hydrolysis) is 1. The third kappa shape index (κ3) is 6.16. The summed E-state index contributed by atoms with van der Waals surface area (Å²) in [5.74, 6) is 0.520. The van der Waals surface area contributed by atoms with Crippen LogP contribution in [0.2, 0.25) is 0 Å². The summed E-state index contributed by atoms with van der Waals surface area (Å²) in [6.45, 7) is 8.16. The number of hydrogen-bond donors (Lipinski definition) is 1. The van der Waals surface area contributed by atoms with E-state index in [2.05, 4.69) is 10.3 Å². The molecule has 0 unspecified atom stereocenters. The van der Waals surface area contributed by atoms with Crippen molar-refractivity contribution in [1.82, 2.24) is 15.2 Å². The minimum Gasteiger partial charge on any atom is -0.444 e. The number of piperidine rings is 1. The molecule has 2 fully saturated rings. The standard InChI is InChI=1S/C20H30N4O4S/c1-20(2,3)28-19(27)21-12-14-6-9-23(10-7-14)17(26)11-15-13-29-18(22-15)24-8-4-5-16(24)25/h13-14H,4-12H2,1-3H3,(H,21,27). The molecule has 0 aliphatic carbocycles. The van der Waals surface area contributed by atoms with Gasteiger partial charge in [0.1, 0.15) is 5.60 Å². The third-order valence-electron chi connectivity index (χ3n) is 5.08. The number of nitrogens with zero attached hydrogens (tertiary/aromatic N) is 3. The Kier molecular flexibility index (Phi) is 6.77. The Hall–Kier alpha value is -2.16. The lowest BCUT2D eigenvalue weighted by Gasteiger charge is -2.32. The second-order valence-electron chi connectivity index (χ2n) is 8.65. The van der Waals surface area contributed by atoms with Crippen LogP contribution in [0.1, 0.15) is 52.1 Å². The monoisotopic (exact) mass is 422 g/mol. The topological polar surface area (TPSA) is 91.8 Å². The predicted molar refractivity (Wildman–Crippen MR) is 111 cm³/mol. The van der Waals surface area contributed by atoms with Crippen molar-refractivity contribution in [2.75, 3.05) is 31.1 Å². The Morgan fingerprint density at radius 3 is 2.62 bits per heavy atom. The molecule has 0 spiro atoms. The maximum Gasteiger partial charge on any atom is 0.407 e. The van der Waals surface area contributed by atoms with E-state index < -0.39 is 11.7 Å². The van der Waals surface area contributed by atoms with Gasteiger partial charge in [0.05, 0.1) is 12.1 Å². The van der Waals surface area contributed by atoms with Crippen LogP contribution < -0.4 is 10.2 Å². The number of hydrogen-bond acceptors (Lipinski definition) is 6. The molecular formula is C20H30N4O4S. The summed E-state index contributed by atoms with van der Waals surface area (Å²) in [5.41, 5.74) is 0.223. The SMILES string of the molecule is CC(C)(C)OC(=O)NCC1CCN(C(=O)Cc2csc(N3CCCC3=O)n2)CC1. The molecule has 8 nitrogen and oxygen atoms in total. The number of rotatable bonds is 5.